The van der Waals surface area contributed by atoms with Crippen molar-refractivity contribution in [1.29, 1.82) is 0 Å². The van der Waals surface area contributed by atoms with E-state index >= 15 is 0 Å². The van der Waals surface area contributed by atoms with E-state index < -0.39 is 17.4 Å². The maximum absolute atomic E-state index is 12.5. The molecule has 0 radical (unpaired) electrons. The molecule has 2 aromatic rings. The van der Waals surface area contributed by atoms with Crippen LogP contribution in [0.5, 0.6) is 11.5 Å². The van der Waals surface area contributed by atoms with E-state index in [4.69, 9.17) is 14.2 Å². The van der Waals surface area contributed by atoms with Crippen molar-refractivity contribution in [3.8, 4) is 11.5 Å². The topological polar surface area (TPSA) is 61.8 Å². The number of hydrogen-bond donors (Lipinski definition) is 0. The first-order chi connectivity index (χ1) is 11.4. The lowest BCUT2D eigenvalue weighted by molar-refractivity contribution is -0.165. The van der Waals surface area contributed by atoms with E-state index in [-0.39, 0.29) is 6.61 Å². The van der Waals surface area contributed by atoms with Gasteiger partial charge < -0.3 is 14.2 Å². The monoisotopic (exact) mass is 330 g/mol. The Bertz CT molecular complexity index is 753. The van der Waals surface area contributed by atoms with Gasteiger partial charge in [-0.2, -0.15) is 0 Å². The van der Waals surface area contributed by atoms with Gasteiger partial charge in [0, 0.05) is 0 Å². The van der Waals surface area contributed by atoms with Gasteiger partial charge in [0.25, 0.3) is 0 Å². The van der Waals surface area contributed by atoms with Crippen molar-refractivity contribution in [3.63, 3.8) is 0 Å². The second-order valence-electron chi connectivity index (χ2n) is 5.67. The molecule has 0 heterocycles. The highest BCUT2D eigenvalue weighted by Gasteiger charge is 2.43. The van der Waals surface area contributed by atoms with E-state index in [0.29, 0.717) is 12.2 Å². The third-order valence-corrected chi connectivity index (χ3v) is 4.11. The van der Waals surface area contributed by atoms with Crippen LogP contribution in [0.1, 0.15) is 27.2 Å². The molecule has 5 nitrogen and oxygen atoms in total. The van der Waals surface area contributed by atoms with E-state index in [1.165, 1.54) is 0 Å². The molecule has 0 amide bonds. The van der Waals surface area contributed by atoms with Gasteiger partial charge in [-0.25, -0.2) is 0 Å². The van der Waals surface area contributed by atoms with Gasteiger partial charge in [-0.05, 0) is 55.3 Å². The zero-order valence-corrected chi connectivity index (χ0v) is 14.4. The summed E-state index contributed by atoms with van der Waals surface area (Å²) in [6, 6.07) is 10.9. The molecule has 0 aliphatic heterocycles. The maximum Gasteiger partial charge on any atom is 0.328 e. The molecule has 0 N–H and O–H groups in total. The molecule has 0 aliphatic rings. The van der Waals surface area contributed by atoms with Crippen molar-refractivity contribution >= 4 is 22.7 Å². The maximum atomic E-state index is 12.5. The Balaban J connectivity index is 2.24. The Morgan fingerprint density at radius 3 is 2.08 bits per heavy atom. The number of methoxy groups -OCH3 is 1. The fraction of sp³-hybridized carbons (Fsp3) is 0.368. The minimum absolute atomic E-state index is 0.222. The third-order valence-electron chi connectivity index (χ3n) is 4.11. The van der Waals surface area contributed by atoms with Crippen LogP contribution < -0.4 is 9.47 Å². The Morgan fingerprint density at radius 2 is 1.54 bits per heavy atom. The lowest BCUT2D eigenvalue weighted by Gasteiger charge is -2.23. The number of carbonyl (C=O) groups excluding carboxylic acids is 2. The number of fused-ring (bicyclic) bond motifs is 1. The van der Waals surface area contributed by atoms with Crippen LogP contribution in [0.25, 0.3) is 10.8 Å². The number of ether oxygens (including phenoxy) is 3. The van der Waals surface area contributed by atoms with Gasteiger partial charge in [-0.15, -0.1) is 0 Å². The van der Waals surface area contributed by atoms with E-state index in [1.54, 1.807) is 40.0 Å². The highest BCUT2D eigenvalue weighted by Crippen LogP contribution is 2.29. The van der Waals surface area contributed by atoms with E-state index in [1.807, 2.05) is 24.3 Å². The smallest absolute Gasteiger partial charge is 0.328 e. The fourth-order valence-electron chi connectivity index (χ4n) is 2.27. The average molecular weight is 330 g/mol. The predicted octanol–water partition coefficient (Wildman–Crippen LogP) is 3.73. The Morgan fingerprint density at radius 1 is 0.958 bits per heavy atom. The van der Waals surface area contributed by atoms with Gasteiger partial charge in [0.15, 0.2) is 5.41 Å². The highest BCUT2D eigenvalue weighted by atomic mass is 16.6. The van der Waals surface area contributed by atoms with Crippen molar-refractivity contribution in [1.82, 2.24) is 0 Å². The van der Waals surface area contributed by atoms with E-state index in [2.05, 4.69) is 0 Å². The predicted molar refractivity (Wildman–Crippen MR) is 91.2 cm³/mol. The Labute approximate surface area is 141 Å². The highest BCUT2D eigenvalue weighted by molar-refractivity contribution is 6.00. The van der Waals surface area contributed by atoms with Gasteiger partial charge in [0.1, 0.15) is 11.5 Å². The van der Waals surface area contributed by atoms with E-state index in [9.17, 15) is 9.59 Å². The molecule has 5 heteroatoms. The summed E-state index contributed by atoms with van der Waals surface area (Å²) >= 11 is 0. The minimum Gasteiger partial charge on any atom is -0.497 e. The molecule has 0 aliphatic carbocycles. The summed E-state index contributed by atoms with van der Waals surface area (Å²) in [5, 5.41) is 1.88. The molecule has 1 unspecified atom stereocenters. The molecule has 0 saturated heterocycles. The third kappa shape index (κ3) is 3.50. The zero-order valence-electron chi connectivity index (χ0n) is 14.4. The standard InChI is InChI=1S/C19H22O5/c1-5-19(3,17(20)23-6-2)18(21)24-16-10-8-13-11-15(22-4)9-7-14(13)12-16/h7-12H,5-6H2,1-4H3. The zero-order chi connectivity index (χ0) is 17.7. The first-order valence-corrected chi connectivity index (χ1v) is 7.92. The molecule has 0 saturated carbocycles. The molecule has 24 heavy (non-hydrogen) atoms. The molecule has 0 bridgehead atoms. The van der Waals surface area contributed by atoms with Crippen molar-refractivity contribution in [2.24, 2.45) is 5.41 Å². The van der Waals surface area contributed by atoms with Crippen LogP contribution in [-0.4, -0.2) is 25.7 Å². The lowest BCUT2D eigenvalue weighted by atomic mass is 9.88. The van der Waals surface area contributed by atoms with Gasteiger partial charge in [-0.1, -0.05) is 19.1 Å². The average Bonchev–Trinajstić information content (AvgIpc) is 2.60. The molecule has 1 atom stereocenters. The summed E-state index contributed by atoms with van der Waals surface area (Å²) in [7, 11) is 1.61. The second-order valence-corrected chi connectivity index (χ2v) is 5.67. The fourth-order valence-corrected chi connectivity index (χ4v) is 2.27. The molecular formula is C19H22O5. The van der Waals surface area contributed by atoms with Crippen LogP contribution in [-0.2, 0) is 14.3 Å². The largest absolute Gasteiger partial charge is 0.497 e. The van der Waals surface area contributed by atoms with Gasteiger partial charge in [-0.3, -0.25) is 9.59 Å². The lowest BCUT2D eigenvalue weighted by Crippen LogP contribution is -2.40. The molecule has 128 valence electrons. The van der Waals surface area contributed by atoms with Crippen molar-refractivity contribution in [2.75, 3.05) is 13.7 Å². The number of rotatable bonds is 6. The molecule has 2 rings (SSSR count). The minimum atomic E-state index is -1.31. The summed E-state index contributed by atoms with van der Waals surface area (Å²) in [6.07, 6.45) is 0.301. The normalized spacial score (nSPS) is 13.2. The number of carbonyl (C=O) groups is 2. The summed E-state index contributed by atoms with van der Waals surface area (Å²) in [4.78, 5) is 24.5. The van der Waals surface area contributed by atoms with Crippen molar-refractivity contribution < 1.29 is 23.8 Å². The van der Waals surface area contributed by atoms with Crippen LogP contribution in [0, 0.1) is 5.41 Å². The summed E-state index contributed by atoms with van der Waals surface area (Å²) < 4.78 is 15.6. The first kappa shape index (κ1) is 17.8. The Hall–Kier alpha value is -2.56. The van der Waals surface area contributed by atoms with Gasteiger partial charge in [0.2, 0.25) is 0 Å². The SMILES string of the molecule is CCOC(=O)C(C)(CC)C(=O)Oc1ccc2cc(OC)ccc2c1. The summed E-state index contributed by atoms with van der Waals surface area (Å²) in [5.74, 6) is -0.0332. The molecule has 0 spiro atoms. The van der Waals surface area contributed by atoms with Crippen molar-refractivity contribution in [3.05, 3.63) is 36.4 Å². The quantitative estimate of drug-likeness (QED) is 0.459. The van der Waals surface area contributed by atoms with E-state index in [0.717, 1.165) is 16.5 Å². The summed E-state index contributed by atoms with van der Waals surface area (Å²) in [6.45, 7) is 5.22. The Kier molecular flexibility index (Phi) is 5.44. The number of esters is 2. The van der Waals surface area contributed by atoms with Crippen LogP contribution >= 0.6 is 0 Å². The molecule has 0 aromatic heterocycles. The van der Waals surface area contributed by atoms with Gasteiger partial charge in [0.05, 0.1) is 13.7 Å². The van der Waals surface area contributed by atoms with Crippen LogP contribution in [0.3, 0.4) is 0 Å². The van der Waals surface area contributed by atoms with Crippen molar-refractivity contribution in [2.45, 2.75) is 27.2 Å². The number of benzene rings is 2. The number of hydrogen-bond acceptors (Lipinski definition) is 5. The molecule has 0 fully saturated rings. The first-order valence-electron chi connectivity index (χ1n) is 7.92. The van der Waals surface area contributed by atoms with Crippen LogP contribution in [0.4, 0.5) is 0 Å². The second kappa shape index (κ2) is 7.34. The molecular weight excluding hydrogens is 308 g/mol. The summed E-state index contributed by atoms with van der Waals surface area (Å²) in [5.41, 5.74) is -1.31. The van der Waals surface area contributed by atoms with Crippen LogP contribution in [0.2, 0.25) is 0 Å². The molecule has 2 aromatic carbocycles. The van der Waals surface area contributed by atoms with Crippen LogP contribution in [0.15, 0.2) is 36.4 Å². The van der Waals surface area contributed by atoms with Gasteiger partial charge >= 0.3 is 11.9 Å².